The second-order valence-corrected chi connectivity index (χ2v) is 4.58. The van der Waals surface area contributed by atoms with Crippen LogP contribution in [-0.2, 0) is 19.4 Å². The molecule has 4 heteroatoms. The topological polar surface area (TPSA) is 57.8 Å². The Labute approximate surface area is 95.5 Å². The molecule has 0 fully saturated rings. The van der Waals surface area contributed by atoms with E-state index >= 15 is 0 Å². The van der Waals surface area contributed by atoms with E-state index in [0.29, 0.717) is 5.92 Å². The minimum absolute atomic E-state index is 0.0600. The van der Waals surface area contributed by atoms with E-state index in [-0.39, 0.29) is 5.56 Å². The number of rotatable bonds is 3. The van der Waals surface area contributed by atoms with Crippen LogP contribution in [0.4, 0.5) is 0 Å². The van der Waals surface area contributed by atoms with Crippen LogP contribution in [0.2, 0.25) is 0 Å². The van der Waals surface area contributed by atoms with Crippen LogP contribution in [0, 0.1) is 5.92 Å². The first-order valence-electron chi connectivity index (χ1n) is 6.02. The van der Waals surface area contributed by atoms with Gasteiger partial charge in [-0.15, -0.1) is 0 Å². The highest BCUT2D eigenvalue weighted by atomic mass is 16.1. The predicted octanol–water partition coefficient (Wildman–Crippen LogP) is 1.00. The van der Waals surface area contributed by atoms with Crippen LogP contribution in [-0.4, -0.2) is 16.5 Å². The number of H-pyrrole nitrogens is 1. The summed E-state index contributed by atoms with van der Waals surface area (Å²) in [4.78, 5) is 19.3. The summed E-state index contributed by atoms with van der Waals surface area (Å²) in [5.41, 5.74) is 1.87. The molecule has 1 aliphatic heterocycles. The van der Waals surface area contributed by atoms with Gasteiger partial charge in [0.15, 0.2) is 0 Å². The number of aromatic amines is 1. The molecule has 88 valence electrons. The molecule has 1 aliphatic rings. The normalized spacial score (nSPS) is 16.9. The van der Waals surface area contributed by atoms with Crippen LogP contribution in [0.15, 0.2) is 4.79 Å². The Morgan fingerprint density at radius 2 is 2.31 bits per heavy atom. The lowest BCUT2D eigenvalue weighted by atomic mass is 10.0. The molecule has 0 unspecified atom stereocenters. The molecule has 1 atom stereocenters. The molecule has 0 radical (unpaired) electrons. The molecular formula is C12H19N3O. The molecule has 0 bridgehead atoms. The Balaban J connectivity index is 2.28. The first-order chi connectivity index (χ1) is 7.70. The SMILES string of the molecule is CC[C@@H](C)Cc1nc2c(c(=O)[nH]1)CCNC2. The summed E-state index contributed by atoms with van der Waals surface area (Å²) in [6.07, 6.45) is 2.76. The van der Waals surface area contributed by atoms with Gasteiger partial charge >= 0.3 is 0 Å². The van der Waals surface area contributed by atoms with Crippen molar-refractivity contribution >= 4 is 0 Å². The number of aromatic nitrogens is 2. The molecule has 0 aromatic carbocycles. The fourth-order valence-corrected chi connectivity index (χ4v) is 1.99. The third-order valence-electron chi connectivity index (χ3n) is 3.23. The quantitative estimate of drug-likeness (QED) is 0.800. The van der Waals surface area contributed by atoms with Gasteiger partial charge < -0.3 is 10.3 Å². The van der Waals surface area contributed by atoms with Crippen LogP contribution in [0.1, 0.15) is 37.4 Å². The first kappa shape index (κ1) is 11.3. The van der Waals surface area contributed by atoms with E-state index in [0.717, 1.165) is 49.4 Å². The van der Waals surface area contributed by atoms with Gasteiger partial charge in [-0.2, -0.15) is 0 Å². The van der Waals surface area contributed by atoms with Gasteiger partial charge in [-0.25, -0.2) is 4.98 Å². The highest BCUT2D eigenvalue weighted by Crippen LogP contribution is 2.10. The maximum absolute atomic E-state index is 11.8. The molecule has 0 spiro atoms. The second-order valence-electron chi connectivity index (χ2n) is 4.58. The highest BCUT2D eigenvalue weighted by molar-refractivity contribution is 5.20. The third-order valence-corrected chi connectivity index (χ3v) is 3.23. The van der Waals surface area contributed by atoms with Crippen molar-refractivity contribution in [2.75, 3.05) is 6.54 Å². The van der Waals surface area contributed by atoms with Crippen LogP contribution in [0.3, 0.4) is 0 Å². The van der Waals surface area contributed by atoms with Crippen LogP contribution in [0.25, 0.3) is 0 Å². The average Bonchev–Trinajstić information content (AvgIpc) is 2.29. The zero-order valence-corrected chi connectivity index (χ0v) is 9.97. The van der Waals surface area contributed by atoms with Crippen molar-refractivity contribution in [3.63, 3.8) is 0 Å². The molecule has 1 aromatic heterocycles. The zero-order chi connectivity index (χ0) is 11.5. The Hall–Kier alpha value is -1.16. The lowest BCUT2D eigenvalue weighted by Gasteiger charge is -2.16. The van der Waals surface area contributed by atoms with E-state index in [9.17, 15) is 4.79 Å². The summed E-state index contributed by atoms with van der Waals surface area (Å²) in [7, 11) is 0. The minimum atomic E-state index is 0.0600. The van der Waals surface area contributed by atoms with Crippen molar-refractivity contribution in [2.45, 2.75) is 39.7 Å². The van der Waals surface area contributed by atoms with Crippen molar-refractivity contribution in [1.29, 1.82) is 0 Å². The molecule has 0 aliphatic carbocycles. The van der Waals surface area contributed by atoms with Gasteiger partial charge in [0.1, 0.15) is 5.82 Å². The monoisotopic (exact) mass is 221 g/mol. The number of nitrogens with one attached hydrogen (secondary N) is 2. The maximum Gasteiger partial charge on any atom is 0.254 e. The summed E-state index contributed by atoms with van der Waals surface area (Å²) in [5, 5.41) is 3.25. The average molecular weight is 221 g/mol. The fourth-order valence-electron chi connectivity index (χ4n) is 1.99. The number of hydrogen-bond donors (Lipinski definition) is 2. The van der Waals surface area contributed by atoms with E-state index in [4.69, 9.17) is 0 Å². The fraction of sp³-hybridized carbons (Fsp3) is 0.667. The highest BCUT2D eigenvalue weighted by Gasteiger charge is 2.15. The third kappa shape index (κ3) is 2.32. The van der Waals surface area contributed by atoms with Gasteiger partial charge in [-0.3, -0.25) is 4.79 Å². The number of fused-ring (bicyclic) bond motifs is 1. The van der Waals surface area contributed by atoms with Gasteiger partial charge in [0.05, 0.1) is 5.69 Å². The zero-order valence-electron chi connectivity index (χ0n) is 9.97. The summed E-state index contributed by atoms with van der Waals surface area (Å²) >= 11 is 0. The van der Waals surface area contributed by atoms with Gasteiger partial charge in [0.25, 0.3) is 5.56 Å². The molecule has 2 rings (SSSR count). The van der Waals surface area contributed by atoms with Gasteiger partial charge in [-0.1, -0.05) is 20.3 Å². The van der Waals surface area contributed by atoms with E-state index in [1.165, 1.54) is 0 Å². The van der Waals surface area contributed by atoms with Gasteiger partial charge in [0, 0.05) is 18.5 Å². The van der Waals surface area contributed by atoms with Crippen LogP contribution < -0.4 is 10.9 Å². The van der Waals surface area contributed by atoms with Crippen LogP contribution in [0.5, 0.6) is 0 Å². The molecule has 16 heavy (non-hydrogen) atoms. The second kappa shape index (κ2) is 4.78. The Bertz CT molecular complexity index is 425. The van der Waals surface area contributed by atoms with Crippen molar-refractivity contribution in [2.24, 2.45) is 5.92 Å². The Morgan fingerprint density at radius 3 is 3.06 bits per heavy atom. The lowest BCUT2D eigenvalue weighted by molar-refractivity contribution is 0.533. The van der Waals surface area contributed by atoms with Crippen molar-refractivity contribution < 1.29 is 0 Å². The largest absolute Gasteiger partial charge is 0.311 e. The van der Waals surface area contributed by atoms with E-state index in [2.05, 4.69) is 29.1 Å². The molecule has 2 heterocycles. The van der Waals surface area contributed by atoms with E-state index in [1.807, 2.05) is 0 Å². The van der Waals surface area contributed by atoms with Crippen LogP contribution >= 0.6 is 0 Å². The van der Waals surface area contributed by atoms with E-state index < -0.39 is 0 Å². The van der Waals surface area contributed by atoms with Crippen molar-refractivity contribution in [3.8, 4) is 0 Å². The van der Waals surface area contributed by atoms with Crippen molar-refractivity contribution in [3.05, 3.63) is 27.4 Å². The molecule has 2 N–H and O–H groups in total. The summed E-state index contributed by atoms with van der Waals surface area (Å²) in [6.45, 7) is 5.94. The van der Waals surface area contributed by atoms with Gasteiger partial charge in [-0.05, 0) is 18.9 Å². The molecular weight excluding hydrogens is 202 g/mol. The molecule has 1 aromatic rings. The summed E-state index contributed by atoms with van der Waals surface area (Å²) in [5.74, 6) is 1.40. The molecule has 0 saturated carbocycles. The maximum atomic E-state index is 11.8. The Kier molecular flexibility index (Phi) is 3.39. The number of nitrogens with zero attached hydrogens (tertiary/aromatic N) is 1. The van der Waals surface area contributed by atoms with Gasteiger partial charge in [0.2, 0.25) is 0 Å². The standard InChI is InChI=1S/C12H19N3O/c1-3-8(2)6-11-14-10-7-13-5-4-9(10)12(16)15-11/h8,13H,3-7H2,1-2H3,(H,14,15,16)/t8-/m1/s1. The minimum Gasteiger partial charge on any atom is -0.311 e. The smallest absolute Gasteiger partial charge is 0.254 e. The molecule has 4 nitrogen and oxygen atoms in total. The summed E-state index contributed by atoms with van der Waals surface area (Å²) in [6, 6.07) is 0. The molecule has 0 amide bonds. The number of hydrogen-bond acceptors (Lipinski definition) is 3. The summed E-state index contributed by atoms with van der Waals surface area (Å²) < 4.78 is 0. The predicted molar refractivity (Wildman–Crippen MR) is 63.4 cm³/mol. The van der Waals surface area contributed by atoms with E-state index in [1.54, 1.807) is 0 Å². The Morgan fingerprint density at radius 1 is 1.50 bits per heavy atom. The first-order valence-corrected chi connectivity index (χ1v) is 6.02. The molecule has 0 saturated heterocycles. The van der Waals surface area contributed by atoms with Crippen molar-refractivity contribution in [1.82, 2.24) is 15.3 Å². The lowest BCUT2D eigenvalue weighted by Crippen LogP contribution is -2.32.